The molecule has 1 unspecified atom stereocenters. The smallest absolute Gasteiger partial charge is 0.306 e. The number of rotatable bonds is 19. The number of hydrogen-bond acceptors (Lipinski definition) is 2. The molecular formula is C23H47NO2. The number of carbonyl (C=O) groups is 1. The average Bonchev–Trinajstić information content (AvgIpc) is 2.60. The van der Waals surface area contributed by atoms with Crippen molar-refractivity contribution in [3.8, 4) is 0 Å². The Kier molecular flexibility index (Phi) is 23.4. The largest absolute Gasteiger partial charge is 0.481 e. The SMILES string of the molecule is CCCCCCCC/C=C\CCCCCCCCC(CCC)C(=O)O.N. The summed E-state index contributed by atoms with van der Waals surface area (Å²) in [5.41, 5.74) is 0. The number of carboxylic acid groups (broad SMARTS) is 1. The molecule has 0 heterocycles. The molecule has 0 aromatic carbocycles. The van der Waals surface area contributed by atoms with Gasteiger partial charge in [0.2, 0.25) is 0 Å². The van der Waals surface area contributed by atoms with Gasteiger partial charge < -0.3 is 11.3 Å². The summed E-state index contributed by atoms with van der Waals surface area (Å²) < 4.78 is 0. The lowest BCUT2D eigenvalue weighted by Crippen LogP contribution is -2.13. The Bertz CT molecular complexity index is 315. The van der Waals surface area contributed by atoms with Crippen molar-refractivity contribution < 1.29 is 9.90 Å². The van der Waals surface area contributed by atoms with Gasteiger partial charge in [0.05, 0.1) is 5.92 Å². The number of allylic oxidation sites excluding steroid dienone is 2. The quantitative estimate of drug-likeness (QED) is 0.178. The normalized spacial score (nSPS) is 12.2. The Morgan fingerprint density at radius 1 is 0.692 bits per heavy atom. The third-order valence-electron chi connectivity index (χ3n) is 5.05. The molecule has 0 radical (unpaired) electrons. The molecule has 0 aliphatic carbocycles. The van der Waals surface area contributed by atoms with Gasteiger partial charge in [0.25, 0.3) is 0 Å². The number of carboxylic acids is 1. The Labute approximate surface area is 163 Å². The van der Waals surface area contributed by atoms with Crippen LogP contribution >= 0.6 is 0 Å². The van der Waals surface area contributed by atoms with Crippen LogP contribution in [0.5, 0.6) is 0 Å². The van der Waals surface area contributed by atoms with E-state index in [0.717, 1.165) is 25.7 Å². The Hall–Kier alpha value is -0.830. The zero-order valence-corrected chi connectivity index (χ0v) is 17.8. The first-order valence-corrected chi connectivity index (χ1v) is 11.1. The summed E-state index contributed by atoms with van der Waals surface area (Å²) in [5, 5.41) is 9.12. The first kappa shape index (κ1) is 27.4. The predicted molar refractivity (Wildman–Crippen MR) is 115 cm³/mol. The van der Waals surface area contributed by atoms with Gasteiger partial charge in [0.1, 0.15) is 0 Å². The maximum atomic E-state index is 11.1. The minimum atomic E-state index is -0.602. The second kappa shape index (κ2) is 22.2. The molecule has 0 spiro atoms. The summed E-state index contributed by atoms with van der Waals surface area (Å²) >= 11 is 0. The van der Waals surface area contributed by atoms with E-state index in [4.69, 9.17) is 5.11 Å². The predicted octanol–water partition coefficient (Wildman–Crippen LogP) is 8.08. The fourth-order valence-electron chi connectivity index (χ4n) is 3.38. The summed E-state index contributed by atoms with van der Waals surface area (Å²) in [4.78, 5) is 11.1. The highest BCUT2D eigenvalue weighted by Gasteiger charge is 2.15. The van der Waals surface area contributed by atoms with Crippen LogP contribution in [0, 0.1) is 5.92 Å². The van der Waals surface area contributed by atoms with E-state index in [1.54, 1.807) is 0 Å². The van der Waals surface area contributed by atoms with Gasteiger partial charge in [0, 0.05) is 0 Å². The molecular weight excluding hydrogens is 322 g/mol. The number of aliphatic carboxylic acids is 1. The Morgan fingerprint density at radius 3 is 1.62 bits per heavy atom. The van der Waals surface area contributed by atoms with Crippen molar-refractivity contribution >= 4 is 5.97 Å². The van der Waals surface area contributed by atoms with Crippen LogP contribution in [0.3, 0.4) is 0 Å². The fraction of sp³-hybridized carbons (Fsp3) is 0.870. The average molecular weight is 370 g/mol. The van der Waals surface area contributed by atoms with Crippen LogP contribution in [0.2, 0.25) is 0 Å². The topological polar surface area (TPSA) is 72.3 Å². The third-order valence-corrected chi connectivity index (χ3v) is 5.05. The molecule has 156 valence electrons. The van der Waals surface area contributed by atoms with Crippen LogP contribution in [0.15, 0.2) is 12.2 Å². The number of unbranched alkanes of at least 4 members (excludes halogenated alkanes) is 12. The lowest BCUT2D eigenvalue weighted by Gasteiger charge is -2.10. The van der Waals surface area contributed by atoms with Crippen molar-refractivity contribution in [3.63, 3.8) is 0 Å². The molecule has 0 aliphatic heterocycles. The van der Waals surface area contributed by atoms with E-state index >= 15 is 0 Å². The summed E-state index contributed by atoms with van der Waals surface area (Å²) in [5.74, 6) is -0.712. The molecule has 3 heteroatoms. The van der Waals surface area contributed by atoms with Gasteiger partial charge in [-0.2, -0.15) is 0 Å². The number of hydrogen-bond donors (Lipinski definition) is 2. The van der Waals surface area contributed by atoms with Gasteiger partial charge in [-0.3, -0.25) is 4.79 Å². The van der Waals surface area contributed by atoms with E-state index in [0.29, 0.717) is 0 Å². The van der Waals surface area contributed by atoms with E-state index < -0.39 is 5.97 Å². The van der Waals surface area contributed by atoms with E-state index in [9.17, 15) is 4.79 Å². The van der Waals surface area contributed by atoms with Gasteiger partial charge in [-0.15, -0.1) is 0 Å². The van der Waals surface area contributed by atoms with E-state index in [-0.39, 0.29) is 12.1 Å². The molecule has 0 aliphatic rings. The minimum absolute atomic E-state index is 0. The lowest BCUT2D eigenvalue weighted by molar-refractivity contribution is -0.142. The van der Waals surface area contributed by atoms with Crippen molar-refractivity contribution in [2.45, 2.75) is 123 Å². The molecule has 0 saturated heterocycles. The van der Waals surface area contributed by atoms with Crippen molar-refractivity contribution in [1.29, 1.82) is 0 Å². The second-order valence-corrected chi connectivity index (χ2v) is 7.55. The highest BCUT2D eigenvalue weighted by atomic mass is 16.4. The van der Waals surface area contributed by atoms with Crippen molar-refractivity contribution in [2.75, 3.05) is 0 Å². The Balaban J connectivity index is 0. The van der Waals surface area contributed by atoms with E-state index in [1.165, 1.54) is 83.5 Å². The first-order valence-electron chi connectivity index (χ1n) is 11.1. The molecule has 0 bridgehead atoms. The van der Waals surface area contributed by atoms with Crippen LogP contribution in [-0.4, -0.2) is 11.1 Å². The van der Waals surface area contributed by atoms with Gasteiger partial charge in [-0.05, 0) is 38.5 Å². The maximum absolute atomic E-state index is 11.1. The first-order chi connectivity index (χ1) is 12.2. The summed E-state index contributed by atoms with van der Waals surface area (Å²) in [6, 6.07) is 0. The molecule has 0 rings (SSSR count). The second-order valence-electron chi connectivity index (χ2n) is 7.55. The molecule has 0 saturated carbocycles. The molecule has 4 N–H and O–H groups in total. The molecule has 0 aromatic rings. The zero-order chi connectivity index (χ0) is 18.6. The van der Waals surface area contributed by atoms with Crippen molar-refractivity contribution in [2.24, 2.45) is 5.92 Å². The van der Waals surface area contributed by atoms with Crippen molar-refractivity contribution in [3.05, 3.63) is 12.2 Å². The summed E-state index contributed by atoms with van der Waals surface area (Å²) in [7, 11) is 0. The molecule has 1 atom stereocenters. The van der Waals surface area contributed by atoms with Crippen LogP contribution in [0.1, 0.15) is 123 Å². The maximum Gasteiger partial charge on any atom is 0.306 e. The van der Waals surface area contributed by atoms with Crippen LogP contribution in [0.25, 0.3) is 0 Å². The Morgan fingerprint density at radius 2 is 1.15 bits per heavy atom. The molecule has 0 aromatic heterocycles. The van der Waals surface area contributed by atoms with Gasteiger partial charge in [0.15, 0.2) is 0 Å². The van der Waals surface area contributed by atoms with Gasteiger partial charge in [-0.25, -0.2) is 0 Å². The van der Waals surface area contributed by atoms with Crippen LogP contribution < -0.4 is 6.15 Å². The van der Waals surface area contributed by atoms with Crippen LogP contribution in [-0.2, 0) is 4.79 Å². The fourth-order valence-corrected chi connectivity index (χ4v) is 3.38. The van der Waals surface area contributed by atoms with Crippen molar-refractivity contribution in [1.82, 2.24) is 6.15 Å². The van der Waals surface area contributed by atoms with Gasteiger partial charge in [-0.1, -0.05) is 96.6 Å². The van der Waals surface area contributed by atoms with E-state index in [2.05, 4.69) is 26.0 Å². The highest BCUT2D eigenvalue weighted by Crippen LogP contribution is 2.17. The molecule has 0 fully saturated rings. The third kappa shape index (κ3) is 19.5. The molecule has 26 heavy (non-hydrogen) atoms. The highest BCUT2D eigenvalue weighted by molar-refractivity contribution is 5.69. The zero-order valence-electron chi connectivity index (χ0n) is 17.8. The van der Waals surface area contributed by atoms with Crippen LogP contribution in [0.4, 0.5) is 0 Å². The van der Waals surface area contributed by atoms with E-state index in [1.807, 2.05) is 0 Å². The monoisotopic (exact) mass is 369 g/mol. The molecule has 3 nitrogen and oxygen atoms in total. The standard InChI is InChI=1S/C23H44O2.H3N/c1-3-5-6-7-8-9-10-11-12-13-14-15-16-17-18-19-21-22(20-4-2)23(24)25;/h11-12,22H,3-10,13-21H2,1-2H3,(H,24,25);1H3/b12-11-;. The molecule has 0 amide bonds. The van der Waals surface area contributed by atoms with Gasteiger partial charge >= 0.3 is 5.97 Å². The summed E-state index contributed by atoms with van der Waals surface area (Å²) in [6.07, 6.45) is 25.7. The summed E-state index contributed by atoms with van der Waals surface area (Å²) in [6.45, 7) is 4.34. The lowest BCUT2D eigenvalue weighted by atomic mass is 9.96. The minimum Gasteiger partial charge on any atom is -0.481 e.